The summed E-state index contributed by atoms with van der Waals surface area (Å²) in [6.07, 6.45) is 7.13. The number of amides is 5. The van der Waals surface area contributed by atoms with Gasteiger partial charge in [0.25, 0.3) is 11.8 Å². The van der Waals surface area contributed by atoms with Gasteiger partial charge in [0, 0.05) is 24.2 Å². The third-order valence-corrected chi connectivity index (χ3v) is 5.77. The highest BCUT2D eigenvalue weighted by Crippen LogP contribution is 2.24. The van der Waals surface area contributed by atoms with Crippen LogP contribution in [-0.2, 0) is 9.59 Å². The highest BCUT2D eigenvalue weighted by atomic mass is 16.2. The highest BCUT2D eigenvalue weighted by Gasteiger charge is 2.48. The van der Waals surface area contributed by atoms with Gasteiger partial charge in [0.15, 0.2) is 0 Å². The van der Waals surface area contributed by atoms with Crippen molar-refractivity contribution in [1.82, 2.24) is 15.8 Å². The first-order chi connectivity index (χ1) is 14.4. The topological polar surface area (TPSA) is 98.8 Å². The fraction of sp³-hybridized carbons (Fsp3) is 0.545. The molecule has 2 fully saturated rings. The second kappa shape index (κ2) is 9.28. The number of imide groups is 1. The zero-order valence-electron chi connectivity index (χ0n) is 17.7. The van der Waals surface area contributed by atoms with E-state index in [0.29, 0.717) is 24.9 Å². The molecule has 0 aliphatic carbocycles. The van der Waals surface area contributed by atoms with Crippen molar-refractivity contribution >= 4 is 29.4 Å². The number of nitrogens with one attached hydrogen (secondary N) is 2. The lowest BCUT2D eigenvalue weighted by Gasteiger charge is -2.21. The Labute approximate surface area is 176 Å². The minimum absolute atomic E-state index is 0.0699. The number of unbranched alkanes of at least 4 members (excludes halogenated alkanes) is 4. The van der Waals surface area contributed by atoms with Gasteiger partial charge in [0.2, 0.25) is 5.91 Å². The van der Waals surface area contributed by atoms with Gasteiger partial charge in [0.05, 0.1) is 0 Å². The maximum Gasteiger partial charge on any atom is 0.344 e. The molecule has 30 heavy (non-hydrogen) atoms. The molecule has 3 rings (SSSR count). The van der Waals surface area contributed by atoms with E-state index in [1.54, 1.807) is 36.1 Å². The Morgan fingerprint density at radius 3 is 2.43 bits per heavy atom. The molecular weight excluding hydrogens is 384 g/mol. The first kappa shape index (κ1) is 21.8. The number of hydrogen-bond acceptors (Lipinski definition) is 4. The number of carbonyl (C=O) groups is 4. The molecular formula is C22H30N4O4. The number of hydrogen-bond donors (Lipinski definition) is 2. The van der Waals surface area contributed by atoms with Gasteiger partial charge >= 0.3 is 6.03 Å². The van der Waals surface area contributed by atoms with Crippen LogP contribution >= 0.6 is 0 Å². The molecule has 2 aliphatic heterocycles. The SMILES string of the molecule is CCCCCCC[C@]1(C)NC(=O)N(NC(=O)c2ccc(N3CCCC3=O)cc2)C1=O. The zero-order chi connectivity index (χ0) is 21.7. The minimum atomic E-state index is -1.00. The molecule has 2 saturated heterocycles. The van der Waals surface area contributed by atoms with E-state index in [9.17, 15) is 19.2 Å². The van der Waals surface area contributed by atoms with Crippen molar-refractivity contribution in [1.29, 1.82) is 0 Å². The van der Waals surface area contributed by atoms with Crippen LogP contribution in [0.1, 0.15) is 75.6 Å². The number of hydrazine groups is 1. The van der Waals surface area contributed by atoms with Crippen LogP contribution in [0.3, 0.4) is 0 Å². The molecule has 0 unspecified atom stereocenters. The molecule has 1 atom stereocenters. The van der Waals surface area contributed by atoms with Crippen LogP contribution in [0, 0.1) is 0 Å². The van der Waals surface area contributed by atoms with Crippen molar-refractivity contribution < 1.29 is 19.2 Å². The van der Waals surface area contributed by atoms with Crippen LogP contribution in [0.5, 0.6) is 0 Å². The molecule has 0 aromatic heterocycles. The van der Waals surface area contributed by atoms with Gasteiger partial charge in [0.1, 0.15) is 5.54 Å². The maximum absolute atomic E-state index is 12.8. The second-order valence-electron chi connectivity index (χ2n) is 8.20. The molecule has 2 aliphatic rings. The lowest BCUT2D eigenvalue weighted by Crippen LogP contribution is -2.48. The van der Waals surface area contributed by atoms with E-state index in [-0.39, 0.29) is 5.91 Å². The van der Waals surface area contributed by atoms with E-state index < -0.39 is 23.4 Å². The molecule has 0 radical (unpaired) electrons. The molecule has 2 N–H and O–H groups in total. The molecule has 8 heteroatoms. The molecule has 2 heterocycles. The van der Waals surface area contributed by atoms with E-state index >= 15 is 0 Å². The average Bonchev–Trinajstić information content (AvgIpc) is 3.24. The Hall–Kier alpha value is -2.90. The highest BCUT2D eigenvalue weighted by molar-refractivity contribution is 6.09. The zero-order valence-corrected chi connectivity index (χ0v) is 17.7. The molecule has 5 amide bonds. The summed E-state index contributed by atoms with van der Waals surface area (Å²) < 4.78 is 0. The summed E-state index contributed by atoms with van der Waals surface area (Å²) in [6.45, 7) is 4.51. The molecule has 0 saturated carbocycles. The van der Waals surface area contributed by atoms with E-state index in [1.165, 1.54) is 0 Å². The number of rotatable bonds is 9. The maximum atomic E-state index is 12.8. The average molecular weight is 415 g/mol. The number of anilines is 1. The number of benzene rings is 1. The van der Waals surface area contributed by atoms with Crippen LogP contribution in [0.4, 0.5) is 10.5 Å². The van der Waals surface area contributed by atoms with E-state index in [1.807, 2.05) is 0 Å². The van der Waals surface area contributed by atoms with Crippen molar-refractivity contribution in [3.63, 3.8) is 0 Å². The van der Waals surface area contributed by atoms with Crippen molar-refractivity contribution in [3.8, 4) is 0 Å². The molecule has 0 spiro atoms. The third-order valence-electron chi connectivity index (χ3n) is 5.77. The van der Waals surface area contributed by atoms with E-state index in [4.69, 9.17) is 0 Å². The lowest BCUT2D eigenvalue weighted by molar-refractivity contribution is -0.132. The van der Waals surface area contributed by atoms with Gasteiger partial charge in [-0.2, -0.15) is 5.01 Å². The quantitative estimate of drug-likeness (QED) is 0.479. The summed E-state index contributed by atoms with van der Waals surface area (Å²) in [6, 6.07) is 5.95. The Bertz CT molecular complexity index is 823. The van der Waals surface area contributed by atoms with E-state index in [0.717, 1.165) is 49.2 Å². The van der Waals surface area contributed by atoms with Gasteiger partial charge in [-0.25, -0.2) is 4.79 Å². The van der Waals surface area contributed by atoms with Crippen molar-refractivity contribution in [2.24, 2.45) is 0 Å². The number of urea groups is 1. The smallest absolute Gasteiger partial charge is 0.322 e. The normalized spacial score (nSPS) is 21.3. The fourth-order valence-electron chi connectivity index (χ4n) is 3.92. The number of carbonyl (C=O) groups excluding carboxylic acids is 4. The molecule has 0 bridgehead atoms. The van der Waals surface area contributed by atoms with Crippen LogP contribution < -0.4 is 15.6 Å². The summed E-state index contributed by atoms with van der Waals surface area (Å²) >= 11 is 0. The first-order valence-electron chi connectivity index (χ1n) is 10.7. The minimum Gasteiger partial charge on any atom is -0.322 e. The summed E-state index contributed by atoms with van der Waals surface area (Å²) in [5, 5.41) is 3.48. The predicted molar refractivity (Wildman–Crippen MR) is 113 cm³/mol. The Morgan fingerprint density at radius 1 is 1.10 bits per heavy atom. The monoisotopic (exact) mass is 414 g/mol. The number of nitrogens with zero attached hydrogens (tertiary/aromatic N) is 2. The second-order valence-corrected chi connectivity index (χ2v) is 8.20. The van der Waals surface area contributed by atoms with Crippen LogP contribution in [-0.4, -0.2) is 40.8 Å². The van der Waals surface area contributed by atoms with Gasteiger partial charge in [-0.1, -0.05) is 39.0 Å². The summed E-state index contributed by atoms with van der Waals surface area (Å²) in [4.78, 5) is 51.2. The lowest BCUT2D eigenvalue weighted by atomic mass is 9.94. The standard InChI is InChI=1S/C22H30N4O4/c1-3-4-5-6-7-14-22(2)20(29)26(21(30)23-22)24-19(28)16-10-12-17(13-11-16)25-15-8-9-18(25)27/h10-13H,3-9,14-15H2,1-2H3,(H,23,30)(H,24,28)/t22-/m0/s1. The van der Waals surface area contributed by atoms with Crippen LogP contribution in [0.15, 0.2) is 24.3 Å². The third kappa shape index (κ3) is 4.63. The molecule has 8 nitrogen and oxygen atoms in total. The van der Waals surface area contributed by atoms with E-state index in [2.05, 4.69) is 17.7 Å². The van der Waals surface area contributed by atoms with Crippen molar-refractivity contribution in [3.05, 3.63) is 29.8 Å². The summed E-state index contributed by atoms with van der Waals surface area (Å²) in [7, 11) is 0. The predicted octanol–water partition coefficient (Wildman–Crippen LogP) is 3.13. The van der Waals surface area contributed by atoms with Gasteiger partial charge in [-0.15, -0.1) is 0 Å². The van der Waals surface area contributed by atoms with Gasteiger partial charge < -0.3 is 10.2 Å². The Balaban J connectivity index is 1.58. The molecule has 162 valence electrons. The summed E-state index contributed by atoms with van der Waals surface area (Å²) in [5.41, 5.74) is 2.45. The van der Waals surface area contributed by atoms with Crippen LogP contribution in [0.25, 0.3) is 0 Å². The van der Waals surface area contributed by atoms with Crippen LogP contribution in [0.2, 0.25) is 0 Å². The van der Waals surface area contributed by atoms with Crippen molar-refractivity contribution in [2.45, 2.75) is 70.8 Å². The van der Waals surface area contributed by atoms with Gasteiger partial charge in [-0.05, 0) is 44.0 Å². The largest absolute Gasteiger partial charge is 0.344 e. The fourth-order valence-corrected chi connectivity index (χ4v) is 3.92. The Morgan fingerprint density at radius 2 is 1.80 bits per heavy atom. The Kier molecular flexibility index (Phi) is 6.74. The first-order valence-corrected chi connectivity index (χ1v) is 10.7. The molecule has 1 aromatic carbocycles. The summed E-state index contributed by atoms with van der Waals surface area (Å²) in [5.74, 6) is -0.930. The van der Waals surface area contributed by atoms with Gasteiger partial charge in [-0.3, -0.25) is 19.8 Å². The van der Waals surface area contributed by atoms with Crippen molar-refractivity contribution in [2.75, 3.05) is 11.4 Å². The molecule has 1 aromatic rings.